The van der Waals surface area contributed by atoms with Gasteiger partial charge in [0.15, 0.2) is 0 Å². The third-order valence-corrected chi connectivity index (χ3v) is 4.37. The van der Waals surface area contributed by atoms with Gasteiger partial charge in [0.05, 0.1) is 0 Å². The lowest BCUT2D eigenvalue weighted by molar-refractivity contribution is 0.0742. The van der Waals surface area contributed by atoms with E-state index in [0.29, 0.717) is 6.61 Å². The van der Waals surface area contributed by atoms with Crippen molar-refractivity contribution >= 4 is 0 Å². The zero-order valence-electron chi connectivity index (χ0n) is 9.99. The van der Waals surface area contributed by atoms with Gasteiger partial charge in [-0.1, -0.05) is 6.92 Å². The van der Waals surface area contributed by atoms with Crippen molar-refractivity contribution in [1.82, 2.24) is 4.90 Å². The normalized spacial score (nSPS) is 36.8. The van der Waals surface area contributed by atoms with Gasteiger partial charge in [-0.2, -0.15) is 0 Å². The Hall–Kier alpha value is -0.0800. The predicted molar refractivity (Wildman–Crippen MR) is 62.9 cm³/mol. The molecule has 1 N–H and O–H groups in total. The van der Waals surface area contributed by atoms with Gasteiger partial charge in [0.25, 0.3) is 0 Å². The molecule has 0 spiro atoms. The smallest absolute Gasteiger partial charge is 0.0431 e. The molecule has 0 bridgehead atoms. The van der Waals surface area contributed by atoms with Crippen LogP contribution in [-0.2, 0) is 0 Å². The van der Waals surface area contributed by atoms with Crippen molar-refractivity contribution in [3.05, 3.63) is 0 Å². The maximum Gasteiger partial charge on any atom is 0.0431 e. The number of aliphatic hydroxyl groups is 1. The molecular formula is C13H25NO. The first-order valence-corrected chi connectivity index (χ1v) is 6.69. The second-order valence-electron chi connectivity index (χ2n) is 5.38. The quantitative estimate of drug-likeness (QED) is 0.722. The molecule has 2 aliphatic rings. The summed E-state index contributed by atoms with van der Waals surface area (Å²) >= 11 is 0. The highest BCUT2D eigenvalue weighted by atomic mass is 16.2. The Morgan fingerprint density at radius 2 is 2.07 bits per heavy atom. The second-order valence-corrected chi connectivity index (χ2v) is 5.38. The van der Waals surface area contributed by atoms with Crippen LogP contribution >= 0.6 is 0 Å². The van der Waals surface area contributed by atoms with Crippen LogP contribution in [-0.4, -0.2) is 35.2 Å². The van der Waals surface area contributed by atoms with E-state index >= 15 is 0 Å². The van der Waals surface area contributed by atoms with E-state index in [4.69, 9.17) is 5.11 Å². The Labute approximate surface area is 93.7 Å². The van der Waals surface area contributed by atoms with Gasteiger partial charge in [0.2, 0.25) is 0 Å². The minimum Gasteiger partial charge on any atom is -0.396 e. The lowest BCUT2D eigenvalue weighted by atomic mass is 9.85. The molecule has 0 radical (unpaired) electrons. The van der Waals surface area contributed by atoms with Gasteiger partial charge in [-0.05, 0) is 57.4 Å². The standard InChI is InChI=1S/C13H25NO/c1-11-7-8-12(5-2-3-10-15)14-9-4-6-13(11)14/h11-13,15H,2-10H2,1H3/t11-,12-,13+/m1/s1. The summed E-state index contributed by atoms with van der Waals surface area (Å²) in [7, 11) is 0. The molecule has 2 heteroatoms. The molecule has 0 aromatic heterocycles. The summed E-state index contributed by atoms with van der Waals surface area (Å²) in [5, 5.41) is 8.81. The van der Waals surface area contributed by atoms with Crippen molar-refractivity contribution in [3.8, 4) is 0 Å². The lowest BCUT2D eigenvalue weighted by Gasteiger charge is -2.41. The van der Waals surface area contributed by atoms with Crippen molar-refractivity contribution in [2.24, 2.45) is 5.92 Å². The maximum absolute atomic E-state index is 8.81. The fourth-order valence-electron chi connectivity index (χ4n) is 3.49. The summed E-state index contributed by atoms with van der Waals surface area (Å²) in [5.74, 6) is 0.918. The highest BCUT2D eigenvalue weighted by Crippen LogP contribution is 2.36. The van der Waals surface area contributed by atoms with Crippen LogP contribution < -0.4 is 0 Å². The third-order valence-electron chi connectivity index (χ3n) is 4.37. The van der Waals surface area contributed by atoms with Crippen molar-refractivity contribution in [1.29, 1.82) is 0 Å². The number of rotatable bonds is 4. The number of aliphatic hydroxyl groups excluding tert-OH is 1. The van der Waals surface area contributed by atoms with Gasteiger partial charge in [-0.15, -0.1) is 0 Å². The summed E-state index contributed by atoms with van der Waals surface area (Å²) in [6.07, 6.45) is 9.16. The molecule has 0 aromatic rings. The molecule has 0 unspecified atom stereocenters. The van der Waals surface area contributed by atoms with E-state index in [1.165, 1.54) is 45.1 Å². The van der Waals surface area contributed by atoms with Crippen molar-refractivity contribution in [2.45, 2.75) is 64.0 Å². The third kappa shape index (κ3) is 2.54. The first-order chi connectivity index (χ1) is 7.33. The Kier molecular flexibility index (Phi) is 4.04. The van der Waals surface area contributed by atoms with E-state index in [9.17, 15) is 0 Å². The lowest BCUT2D eigenvalue weighted by Crippen LogP contribution is -2.46. The summed E-state index contributed by atoms with van der Waals surface area (Å²) in [6, 6.07) is 1.72. The maximum atomic E-state index is 8.81. The van der Waals surface area contributed by atoms with Crippen LogP contribution in [0, 0.1) is 5.92 Å². The SMILES string of the molecule is C[C@@H]1CC[C@@H](CCCCO)N2CCC[C@@H]12. The minimum absolute atomic E-state index is 0.368. The van der Waals surface area contributed by atoms with Crippen LogP contribution in [0.25, 0.3) is 0 Å². The Morgan fingerprint density at radius 3 is 2.87 bits per heavy atom. The molecule has 2 fully saturated rings. The first-order valence-electron chi connectivity index (χ1n) is 6.69. The van der Waals surface area contributed by atoms with E-state index < -0.39 is 0 Å². The largest absolute Gasteiger partial charge is 0.396 e. The van der Waals surface area contributed by atoms with Gasteiger partial charge in [0, 0.05) is 18.7 Å². The Balaban J connectivity index is 1.84. The number of unbranched alkanes of at least 4 members (excludes halogenated alkanes) is 1. The van der Waals surface area contributed by atoms with Gasteiger partial charge >= 0.3 is 0 Å². The molecule has 88 valence electrons. The molecule has 15 heavy (non-hydrogen) atoms. The number of fused-ring (bicyclic) bond motifs is 1. The fraction of sp³-hybridized carbons (Fsp3) is 1.00. The number of hydrogen-bond acceptors (Lipinski definition) is 2. The van der Waals surface area contributed by atoms with Crippen molar-refractivity contribution in [3.63, 3.8) is 0 Å². The molecular weight excluding hydrogens is 186 g/mol. The van der Waals surface area contributed by atoms with Gasteiger partial charge in [-0.3, -0.25) is 4.90 Å². The predicted octanol–water partition coefficient (Wildman–Crippen LogP) is 2.41. The second kappa shape index (κ2) is 5.31. The van der Waals surface area contributed by atoms with Gasteiger partial charge in [0.1, 0.15) is 0 Å². The zero-order valence-corrected chi connectivity index (χ0v) is 9.99. The molecule has 0 aliphatic carbocycles. The molecule has 2 saturated heterocycles. The van der Waals surface area contributed by atoms with E-state index in [2.05, 4.69) is 11.8 Å². The molecule has 0 amide bonds. The summed E-state index contributed by atoms with van der Waals surface area (Å²) in [6.45, 7) is 4.12. The highest BCUT2D eigenvalue weighted by Gasteiger charge is 2.37. The van der Waals surface area contributed by atoms with Gasteiger partial charge in [-0.25, -0.2) is 0 Å². The molecule has 2 aliphatic heterocycles. The molecule has 0 aromatic carbocycles. The van der Waals surface area contributed by atoms with Crippen LogP contribution in [0.3, 0.4) is 0 Å². The Morgan fingerprint density at radius 1 is 1.20 bits per heavy atom. The number of piperidine rings is 1. The summed E-state index contributed by atoms with van der Waals surface area (Å²) < 4.78 is 0. The van der Waals surface area contributed by atoms with Crippen molar-refractivity contribution in [2.75, 3.05) is 13.2 Å². The Bertz CT molecular complexity index is 195. The molecule has 2 rings (SSSR count). The molecule has 3 atom stereocenters. The van der Waals surface area contributed by atoms with E-state index in [1.807, 2.05) is 0 Å². The topological polar surface area (TPSA) is 23.5 Å². The van der Waals surface area contributed by atoms with Crippen LogP contribution in [0.2, 0.25) is 0 Å². The number of hydrogen-bond donors (Lipinski definition) is 1. The summed E-state index contributed by atoms with van der Waals surface area (Å²) in [4.78, 5) is 2.77. The molecule has 2 heterocycles. The average Bonchev–Trinajstić information content (AvgIpc) is 2.71. The number of nitrogens with zero attached hydrogens (tertiary/aromatic N) is 1. The van der Waals surface area contributed by atoms with Crippen LogP contribution in [0.1, 0.15) is 51.9 Å². The van der Waals surface area contributed by atoms with Crippen LogP contribution in [0.5, 0.6) is 0 Å². The average molecular weight is 211 g/mol. The van der Waals surface area contributed by atoms with E-state index in [1.54, 1.807) is 0 Å². The van der Waals surface area contributed by atoms with Crippen molar-refractivity contribution < 1.29 is 5.11 Å². The minimum atomic E-state index is 0.368. The monoisotopic (exact) mass is 211 g/mol. The zero-order chi connectivity index (χ0) is 10.7. The molecule has 0 saturated carbocycles. The van der Waals surface area contributed by atoms with E-state index in [0.717, 1.165) is 24.4 Å². The fourth-order valence-corrected chi connectivity index (χ4v) is 3.49. The van der Waals surface area contributed by atoms with Crippen LogP contribution in [0.15, 0.2) is 0 Å². The highest BCUT2D eigenvalue weighted by molar-refractivity contribution is 4.92. The summed E-state index contributed by atoms with van der Waals surface area (Å²) in [5.41, 5.74) is 0. The van der Waals surface area contributed by atoms with E-state index in [-0.39, 0.29) is 0 Å². The molecule has 2 nitrogen and oxygen atoms in total. The van der Waals surface area contributed by atoms with Crippen LogP contribution in [0.4, 0.5) is 0 Å². The van der Waals surface area contributed by atoms with Gasteiger partial charge < -0.3 is 5.11 Å². The first kappa shape index (κ1) is 11.4.